The Hall–Kier alpha value is -2.52. The minimum atomic E-state index is -0.440. The molecule has 9 heteroatoms. The molecule has 0 N–H and O–H groups in total. The predicted molar refractivity (Wildman–Crippen MR) is 99.3 cm³/mol. The van der Waals surface area contributed by atoms with Gasteiger partial charge in [-0.05, 0) is 42.6 Å². The summed E-state index contributed by atoms with van der Waals surface area (Å²) in [5.74, 6) is 0.617. The summed E-state index contributed by atoms with van der Waals surface area (Å²) in [6.07, 6.45) is 1.63. The summed E-state index contributed by atoms with van der Waals surface area (Å²) >= 11 is 0.846. The van der Waals surface area contributed by atoms with Crippen molar-refractivity contribution in [2.45, 2.75) is 0 Å². The molecule has 142 valence electrons. The Bertz CT molecular complexity index is 832. The van der Waals surface area contributed by atoms with Crippen LogP contribution >= 0.6 is 11.8 Å². The van der Waals surface area contributed by atoms with Gasteiger partial charge in [0.2, 0.25) is 12.7 Å². The van der Waals surface area contributed by atoms with Crippen LogP contribution in [0.3, 0.4) is 0 Å². The van der Waals surface area contributed by atoms with Gasteiger partial charge in [-0.2, -0.15) is 0 Å². The van der Waals surface area contributed by atoms with Crippen LogP contribution in [0.1, 0.15) is 5.56 Å². The van der Waals surface area contributed by atoms with E-state index in [1.807, 2.05) is 7.05 Å². The van der Waals surface area contributed by atoms with E-state index in [1.54, 1.807) is 29.2 Å². The number of nitrogens with zero attached hydrogens (tertiary/aromatic N) is 3. The number of carbonyl (C=O) groups excluding carboxylic acids is 3. The maximum absolute atomic E-state index is 12.6. The van der Waals surface area contributed by atoms with Crippen LogP contribution in [0.4, 0.5) is 4.79 Å². The molecule has 3 heterocycles. The minimum absolute atomic E-state index is 0.170. The molecule has 3 aliphatic heterocycles. The van der Waals surface area contributed by atoms with Crippen molar-refractivity contribution in [1.82, 2.24) is 14.7 Å². The highest BCUT2D eigenvalue weighted by Gasteiger charge is 2.37. The number of carbonyl (C=O) groups is 3. The Kier molecular flexibility index (Phi) is 4.79. The topological polar surface area (TPSA) is 79.4 Å². The predicted octanol–water partition coefficient (Wildman–Crippen LogP) is 1.23. The molecule has 0 atom stereocenters. The smallest absolute Gasteiger partial charge is 0.294 e. The van der Waals surface area contributed by atoms with Gasteiger partial charge in [0.05, 0.1) is 4.91 Å². The summed E-state index contributed by atoms with van der Waals surface area (Å²) in [5.41, 5.74) is 0.732. The van der Waals surface area contributed by atoms with Gasteiger partial charge in [-0.1, -0.05) is 6.07 Å². The van der Waals surface area contributed by atoms with Crippen molar-refractivity contribution in [3.63, 3.8) is 0 Å². The van der Waals surface area contributed by atoms with Crippen molar-refractivity contribution in [3.8, 4) is 11.5 Å². The van der Waals surface area contributed by atoms with E-state index in [0.29, 0.717) is 29.5 Å². The monoisotopic (exact) mass is 389 g/mol. The molecule has 2 fully saturated rings. The fraction of sp³-hybridized carbons (Fsp3) is 0.389. The average molecular weight is 389 g/mol. The molecule has 0 unspecified atom stereocenters. The van der Waals surface area contributed by atoms with E-state index in [1.165, 1.54) is 0 Å². The first-order valence-electron chi connectivity index (χ1n) is 8.62. The van der Waals surface area contributed by atoms with Gasteiger partial charge in [-0.25, -0.2) is 0 Å². The fourth-order valence-electron chi connectivity index (χ4n) is 3.08. The number of hydrogen-bond donors (Lipinski definition) is 0. The SMILES string of the molecule is CN1CCN(C(=O)CN2C(=O)S/C(=C\c3ccc4c(c3)OCO4)C2=O)CC1. The van der Waals surface area contributed by atoms with Gasteiger partial charge in [-0.3, -0.25) is 19.3 Å². The molecule has 0 aliphatic carbocycles. The van der Waals surface area contributed by atoms with Gasteiger partial charge in [0, 0.05) is 26.2 Å². The first kappa shape index (κ1) is 17.9. The van der Waals surface area contributed by atoms with Crippen LogP contribution in [-0.2, 0) is 9.59 Å². The summed E-state index contributed by atoms with van der Waals surface area (Å²) in [7, 11) is 2.00. The number of imide groups is 1. The standard InChI is InChI=1S/C18H19N3O5S/c1-19-4-6-20(7-5-19)16(22)10-21-17(23)15(27-18(21)24)9-12-2-3-13-14(8-12)26-11-25-13/h2-3,8-9H,4-7,10-11H2,1H3/b15-9-. The van der Waals surface area contributed by atoms with Crippen LogP contribution in [-0.4, -0.2) is 78.3 Å². The molecule has 0 saturated carbocycles. The number of likely N-dealkylation sites (N-methyl/N-ethyl adjacent to an activating group) is 1. The average Bonchev–Trinajstić information content (AvgIpc) is 3.22. The molecular weight excluding hydrogens is 370 g/mol. The second kappa shape index (κ2) is 7.24. The first-order valence-corrected chi connectivity index (χ1v) is 9.44. The van der Waals surface area contributed by atoms with Crippen LogP contribution in [0.2, 0.25) is 0 Å². The van der Waals surface area contributed by atoms with Crippen molar-refractivity contribution in [2.24, 2.45) is 0 Å². The Labute approximate surface area is 160 Å². The van der Waals surface area contributed by atoms with Gasteiger partial charge in [0.1, 0.15) is 6.54 Å². The Balaban J connectivity index is 1.44. The number of hydrogen-bond acceptors (Lipinski definition) is 7. The van der Waals surface area contributed by atoms with Crippen molar-refractivity contribution < 1.29 is 23.9 Å². The van der Waals surface area contributed by atoms with Crippen LogP contribution in [0.5, 0.6) is 11.5 Å². The van der Waals surface area contributed by atoms with Gasteiger partial charge in [0.15, 0.2) is 11.5 Å². The van der Waals surface area contributed by atoms with Gasteiger partial charge in [-0.15, -0.1) is 0 Å². The van der Waals surface area contributed by atoms with Crippen LogP contribution in [0.15, 0.2) is 23.1 Å². The molecule has 4 rings (SSSR count). The van der Waals surface area contributed by atoms with E-state index in [4.69, 9.17) is 9.47 Å². The molecule has 0 aromatic heterocycles. The summed E-state index contributed by atoms with van der Waals surface area (Å²) in [6, 6.07) is 5.30. The third-order valence-electron chi connectivity index (χ3n) is 4.72. The lowest BCUT2D eigenvalue weighted by atomic mass is 10.2. The third kappa shape index (κ3) is 3.65. The number of thioether (sulfide) groups is 1. The molecule has 0 spiro atoms. The minimum Gasteiger partial charge on any atom is -0.454 e. The van der Waals surface area contributed by atoms with E-state index >= 15 is 0 Å². The lowest BCUT2D eigenvalue weighted by molar-refractivity contribution is -0.137. The van der Waals surface area contributed by atoms with E-state index in [0.717, 1.165) is 35.3 Å². The number of amides is 3. The van der Waals surface area contributed by atoms with E-state index in [9.17, 15) is 14.4 Å². The molecular formula is C18H19N3O5S. The molecule has 27 heavy (non-hydrogen) atoms. The zero-order chi connectivity index (χ0) is 19.0. The fourth-order valence-corrected chi connectivity index (χ4v) is 3.92. The maximum atomic E-state index is 12.6. The molecule has 0 bridgehead atoms. The van der Waals surface area contributed by atoms with Crippen LogP contribution < -0.4 is 9.47 Å². The Morgan fingerprint density at radius 3 is 2.67 bits per heavy atom. The van der Waals surface area contributed by atoms with Crippen LogP contribution in [0.25, 0.3) is 6.08 Å². The lowest BCUT2D eigenvalue weighted by Gasteiger charge is -2.33. The molecule has 0 radical (unpaired) electrons. The second-order valence-corrected chi connectivity index (χ2v) is 7.56. The molecule has 2 saturated heterocycles. The zero-order valence-corrected chi connectivity index (χ0v) is 15.7. The molecule has 1 aromatic rings. The summed E-state index contributed by atoms with van der Waals surface area (Å²) in [6.45, 7) is 2.75. The second-order valence-electron chi connectivity index (χ2n) is 6.56. The zero-order valence-electron chi connectivity index (χ0n) is 14.8. The number of ether oxygens (including phenoxy) is 2. The first-order chi connectivity index (χ1) is 13.0. The van der Waals surface area contributed by atoms with E-state index in [-0.39, 0.29) is 19.2 Å². The normalized spacial score (nSPS) is 21.4. The molecule has 3 aliphatic rings. The quantitative estimate of drug-likeness (QED) is 0.720. The molecule has 1 aromatic carbocycles. The van der Waals surface area contributed by atoms with Gasteiger partial charge < -0.3 is 19.3 Å². The summed E-state index contributed by atoms with van der Waals surface area (Å²) in [5, 5.41) is -0.422. The highest BCUT2D eigenvalue weighted by atomic mass is 32.2. The van der Waals surface area contributed by atoms with Crippen LogP contribution in [0, 0.1) is 0 Å². The summed E-state index contributed by atoms with van der Waals surface area (Å²) in [4.78, 5) is 42.4. The highest BCUT2D eigenvalue weighted by molar-refractivity contribution is 8.18. The van der Waals surface area contributed by atoms with Gasteiger partial charge in [0.25, 0.3) is 11.1 Å². The molecule has 3 amide bonds. The van der Waals surface area contributed by atoms with Crippen molar-refractivity contribution in [2.75, 3.05) is 46.6 Å². The Morgan fingerprint density at radius 2 is 1.89 bits per heavy atom. The number of fused-ring (bicyclic) bond motifs is 1. The summed E-state index contributed by atoms with van der Waals surface area (Å²) < 4.78 is 10.6. The van der Waals surface area contributed by atoms with Crippen molar-refractivity contribution >= 4 is 34.9 Å². The number of piperazine rings is 1. The third-order valence-corrected chi connectivity index (χ3v) is 5.62. The Morgan fingerprint density at radius 1 is 1.15 bits per heavy atom. The molecule has 8 nitrogen and oxygen atoms in total. The van der Waals surface area contributed by atoms with Gasteiger partial charge >= 0.3 is 0 Å². The van der Waals surface area contributed by atoms with E-state index < -0.39 is 11.1 Å². The van der Waals surface area contributed by atoms with E-state index in [2.05, 4.69) is 4.90 Å². The highest BCUT2D eigenvalue weighted by Crippen LogP contribution is 2.36. The number of benzene rings is 1. The van der Waals surface area contributed by atoms with Crippen molar-refractivity contribution in [1.29, 1.82) is 0 Å². The van der Waals surface area contributed by atoms with Crippen molar-refractivity contribution in [3.05, 3.63) is 28.7 Å². The number of rotatable bonds is 3. The maximum Gasteiger partial charge on any atom is 0.294 e. The lowest BCUT2D eigenvalue weighted by Crippen LogP contribution is -2.50. The largest absolute Gasteiger partial charge is 0.454 e.